The van der Waals surface area contributed by atoms with Crippen LogP contribution in [0.15, 0.2) is 0 Å². The Bertz CT molecular complexity index is 364. The number of hydrogen-bond donors (Lipinski definition) is 2. The van der Waals surface area contributed by atoms with Crippen LogP contribution in [0, 0.1) is 0 Å². The molecule has 1 unspecified atom stereocenters. The third-order valence-corrected chi connectivity index (χ3v) is 4.85. The molecule has 7 heteroatoms. The molecule has 102 valence electrons. The highest BCUT2D eigenvalue weighted by Crippen LogP contribution is 2.28. The molecule has 1 aliphatic carbocycles. The number of carbonyl (C=O) groups excluding carboxylic acids is 1. The van der Waals surface area contributed by atoms with E-state index in [1.807, 2.05) is 0 Å². The highest BCUT2D eigenvalue weighted by Gasteiger charge is 2.36. The maximum atomic E-state index is 11.8. The number of sulfone groups is 1. The summed E-state index contributed by atoms with van der Waals surface area (Å²) >= 11 is 0. The second-order valence-electron chi connectivity index (χ2n) is 4.65. The molecule has 17 heavy (non-hydrogen) atoms. The van der Waals surface area contributed by atoms with Crippen molar-refractivity contribution in [2.75, 3.05) is 12.8 Å². The molecule has 0 heterocycles. The number of amides is 1. The molecule has 1 amide bonds. The number of nitrogens with two attached hydrogens (primary N) is 1. The quantitative estimate of drug-likeness (QED) is 0.773. The lowest BCUT2D eigenvalue weighted by Crippen LogP contribution is -2.55. The maximum absolute atomic E-state index is 11.8. The predicted octanol–water partition coefficient (Wildman–Crippen LogP) is 0.229. The zero-order valence-corrected chi connectivity index (χ0v) is 11.9. The first kappa shape index (κ1) is 16.7. The van der Waals surface area contributed by atoms with Gasteiger partial charge in [0.15, 0.2) is 9.84 Å². The Balaban J connectivity index is 0.00000256. The van der Waals surface area contributed by atoms with Crippen LogP contribution in [0.25, 0.3) is 0 Å². The van der Waals surface area contributed by atoms with Gasteiger partial charge in [-0.3, -0.25) is 4.79 Å². The fourth-order valence-electron chi connectivity index (χ4n) is 1.99. The van der Waals surface area contributed by atoms with Crippen LogP contribution in [-0.2, 0) is 14.6 Å². The highest BCUT2D eigenvalue weighted by atomic mass is 35.5. The summed E-state index contributed by atoms with van der Waals surface area (Å²) < 4.78 is 22.5. The average Bonchev–Trinajstić information content (AvgIpc) is 2.64. The first-order valence-electron chi connectivity index (χ1n) is 5.52. The number of rotatable bonds is 4. The van der Waals surface area contributed by atoms with E-state index in [0.717, 1.165) is 31.9 Å². The molecule has 0 aliphatic heterocycles. The van der Waals surface area contributed by atoms with Crippen LogP contribution in [0.3, 0.4) is 0 Å². The van der Waals surface area contributed by atoms with Gasteiger partial charge in [0.05, 0.1) is 5.54 Å². The van der Waals surface area contributed by atoms with Gasteiger partial charge in [-0.25, -0.2) is 8.42 Å². The van der Waals surface area contributed by atoms with Crippen molar-refractivity contribution in [3.8, 4) is 0 Å². The van der Waals surface area contributed by atoms with Crippen molar-refractivity contribution in [3.63, 3.8) is 0 Å². The number of halogens is 1. The van der Waals surface area contributed by atoms with Gasteiger partial charge in [0.1, 0.15) is 5.25 Å². The topological polar surface area (TPSA) is 89.3 Å². The van der Waals surface area contributed by atoms with E-state index >= 15 is 0 Å². The van der Waals surface area contributed by atoms with Gasteiger partial charge in [-0.15, -0.1) is 12.4 Å². The molecule has 0 spiro atoms. The molecule has 1 rings (SSSR count). The molecule has 1 aliphatic rings. The van der Waals surface area contributed by atoms with Crippen molar-refractivity contribution in [2.45, 2.75) is 43.4 Å². The Morgan fingerprint density at radius 1 is 1.41 bits per heavy atom. The zero-order valence-electron chi connectivity index (χ0n) is 10.2. The number of carbonyl (C=O) groups is 1. The third-order valence-electron chi connectivity index (χ3n) is 3.35. The molecule has 0 radical (unpaired) electrons. The largest absolute Gasteiger partial charge is 0.348 e. The fraction of sp³-hybridized carbons (Fsp3) is 0.900. The molecule has 0 aromatic carbocycles. The molecule has 3 N–H and O–H groups in total. The van der Waals surface area contributed by atoms with Gasteiger partial charge < -0.3 is 11.1 Å². The molecular weight excluding hydrogens is 264 g/mol. The number of hydrogen-bond acceptors (Lipinski definition) is 4. The first-order valence-corrected chi connectivity index (χ1v) is 7.47. The summed E-state index contributed by atoms with van der Waals surface area (Å²) in [5.41, 5.74) is 5.28. The lowest BCUT2D eigenvalue weighted by Gasteiger charge is -2.29. The van der Waals surface area contributed by atoms with E-state index in [2.05, 4.69) is 5.32 Å². The third kappa shape index (κ3) is 4.12. The van der Waals surface area contributed by atoms with E-state index in [1.165, 1.54) is 6.92 Å². The van der Waals surface area contributed by atoms with Crippen molar-refractivity contribution >= 4 is 28.2 Å². The van der Waals surface area contributed by atoms with Crippen LogP contribution in [0.4, 0.5) is 0 Å². The molecule has 1 saturated carbocycles. The van der Waals surface area contributed by atoms with E-state index in [0.29, 0.717) is 6.54 Å². The van der Waals surface area contributed by atoms with Crippen molar-refractivity contribution in [3.05, 3.63) is 0 Å². The minimum Gasteiger partial charge on any atom is -0.348 e. The van der Waals surface area contributed by atoms with E-state index < -0.39 is 21.0 Å². The molecular formula is C10H21ClN2O3S. The van der Waals surface area contributed by atoms with E-state index in [-0.39, 0.29) is 17.9 Å². The summed E-state index contributed by atoms with van der Waals surface area (Å²) in [6.07, 6.45) is 4.81. The van der Waals surface area contributed by atoms with Crippen molar-refractivity contribution < 1.29 is 13.2 Å². The molecule has 0 bridgehead atoms. The summed E-state index contributed by atoms with van der Waals surface area (Å²) in [5, 5.41) is 1.80. The monoisotopic (exact) mass is 284 g/mol. The summed E-state index contributed by atoms with van der Waals surface area (Å²) in [7, 11) is -3.33. The smallest absolute Gasteiger partial charge is 0.238 e. The lowest BCUT2D eigenvalue weighted by atomic mass is 9.98. The maximum Gasteiger partial charge on any atom is 0.238 e. The lowest BCUT2D eigenvalue weighted by molar-refractivity contribution is -0.122. The van der Waals surface area contributed by atoms with Crippen LogP contribution in [0.1, 0.15) is 32.6 Å². The molecule has 0 saturated heterocycles. The van der Waals surface area contributed by atoms with Crippen LogP contribution in [0.5, 0.6) is 0 Å². The average molecular weight is 285 g/mol. The van der Waals surface area contributed by atoms with E-state index in [9.17, 15) is 13.2 Å². The van der Waals surface area contributed by atoms with E-state index in [1.54, 1.807) is 0 Å². The fourth-order valence-corrected chi connectivity index (χ4v) is 2.44. The Morgan fingerprint density at radius 3 is 2.24 bits per heavy atom. The highest BCUT2D eigenvalue weighted by molar-refractivity contribution is 7.92. The van der Waals surface area contributed by atoms with Gasteiger partial charge in [-0.2, -0.15) is 0 Å². The van der Waals surface area contributed by atoms with Gasteiger partial charge in [-0.05, 0) is 19.8 Å². The van der Waals surface area contributed by atoms with Crippen molar-refractivity contribution in [1.29, 1.82) is 0 Å². The normalized spacial score (nSPS) is 20.4. The first-order chi connectivity index (χ1) is 7.31. The van der Waals surface area contributed by atoms with Crippen molar-refractivity contribution in [1.82, 2.24) is 5.32 Å². The van der Waals surface area contributed by atoms with Gasteiger partial charge in [0.2, 0.25) is 5.91 Å². The zero-order chi connectivity index (χ0) is 12.4. The summed E-state index contributed by atoms with van der Waals surface area (Å²) in [4.78, 5) is 11.8. The standard InChI is InChI=1S/C10H20N2O3S.ClH/c1-8(16(2,14)15)9(13)12-10(7-11)5-3-4-6-10;/h8H,3-7,11H2,1-2H3,(H,12,13);1H. The molecule has 0 aromatic rings. The number of nitrogens with one attached hydrogen (secondary N) is 1. The second-order valence-corrected chi connectivity index (χ2v) is 7.02. The minimum atomic E-state index is -3.33. The van der Waals surface area contributed by atoms with Gasteiger partial charge in [0, 0.05) is 12.8 Å². The SMILES string of the molecule is CC(C(=O)NC1(CN)CCCC1)S(C)(=O)=O.Cl. The van der Waals surface area contributed by atoms with Crippen LogP contribution < -0.4 is 11.1 Å². The summed E-state index contributed by atoms with van der Waals surface area (Å²) in [6, 6.07) is 0. The minimum absolute atomic E-state index is 0. The van der Waals surface area contributed by atoms with Gasteiger partial charge in [0.25, 0.3) is 0 Å². The van der Waals surface area contributed by atoms with Gasteiger partial charge in [-0.1, -0.05) is 12.8 Å². The Labute approximate surface area is 109 Å². The Hall–Kier alpha value is -0.330. The summed E-state index contributed by atoms with van der Waals surface area (Å²) in [5.74, 6) is -0.435. The summed E-state index contributed by atoms with van der Waals surface area (Å²) in [6.45, 7) is 1.78. The molecule has 5 nitrogen and oxygen atoms in total. The van der Waals surface area contributed by atoms with Crippen LogP contribution in [-0.4, -0.2) is 37.9 Å². The predicted molar refractivity (Wildman–Crippen MR) is 69.9 cm³/mol. The molecule has 0 aromatic heterocycles. The Kier molecular flexibility index (Phi) is 5.90. The van der Waals surface area contributed by atoms with Crippen molar-refractivity contribution in [2.24, 2.45) is 5.73 Å². The van der Waals surface area contributed by atoms with Crippen LogP contribution >= 0.6 is 12.4 Å². The second kappa shape index (κ2) is 6.02. The molecule has 1 fully saturated rings. The Morgan fingerprint density at radius 2 is 1.88 bits per heavy atom. The van der Waals surface area contributed by atoms with Crippen LogP contribution in [0.2, 0.25) is 0 Å². The van der Waals surface area contributed by atoms with E-state index in [4.69, 9.17) is 5.73 Å². The van der Waals surface area contributed by atoms with Gasteiger partial charge >= 0.3 is 0 Å². The molecule has 1 atom stereocenters.